The second kappa shape index (κ2) is 38.0. The lowest BCUT2D eigenvalue weighted by Crippen LogP contribution is -2.48. The lowest BCUT2D eigenvalue weighted by molar-refractivity contribution is 0.0842. The van der Waals surface area contributed by atoms with E-state index in [0.29, 0.717) is 158 Å². The van der Waals surface area contributed by atoms with Gasteiger partial charge in [-0.3, -0.25) is 9.58 Å². The van der Waals surface area contributed by atoms with E-state index in [1.807, 2.05) is 103 Å². The molecule has 0 aliphatic carbocycles. The minimum atomic E-state index is -2.42. The SMILES string of the molecule is CNCC(O)COc1cccc(-c2nc(-c3cnn(CC(C)Cc4ccc(OCC(O)CNC)cc4-c4nc(-c5cnc(CCN(c6cc(N7CCN(CC(F)F)CC7)nc(-c7cccc(OCC(O)CNC)c7)n6)C6CCOCC6)n5C)cc(N(C)C5CCOCC5)n4)c3)cc(N(C)C3CCOCC3)n2)c1. The maximum Gasteiger partial charge on any atom is 0.251 e. The molecule has 27 nitrogen and oxygen atoms in total. The van der Waals surface area contributed by atoms with Gasteiger partial charge in [-0.2, -0.15) is 5.10 Å². The van der Waals surface area contributed by atoms with Crippen LogP contribution >= 0.6 is 0 Å². The molecule has 29 heteroatoms. The number of hydrogen-bond acceptors (Lipinski definition) is 25. The van der Waals surface area contributed by atoms with E-state index in [4.69, 9.17) is 68.4 Å². The van der Waals surface area contributed by atoms with Crippen LogP contribution in [0.2, 0.25) is 0 Å². The normalized spacial score (nSPS) is 16.9. The number of benzene rings is 3. The molecule has 9 heterocycles. The number of nitrogens with one attached hydrogen (secondary N) is 3. The van der Waals surface area contributed by atoms with Crippen molar-refractivity contribution in [3.05, 3.63) is 115 Å². The molecule has 0 radical (unpaired) electrons. The van der Waals surface area contributed by atoms with Gasteiger partial charge in [0.1, 0.15) is 84.5 Å². The van der Waals surface area contributed by atoms with Crippen molar-refractivity contribution in [3.63, 3.8) is 0 Å². The number of imidazole rings is 1. The molecule has 4 aliphatic rings. The molecule has 4 unspecified atom stereocenters. The third-order valence-electron chi connectivity index (χ3n) is 20.4. The number of aromatic nitrogens is 10. The fraction of sp³-hybridized carbons (Fsp3) is 0.538. The quantitative estimate of drug-likeness (QED) is 0.0232. The van der Waals surface area contributed by atoms with Crippen molar-refractivity contribution >= 4 is 23.3 Å². The lowest BCUT2D eigenvalue weighted by atomic mass is 9.95. The number of halogens is 2. The van der Waals surface area contributed by atoms with Crippen LogP contribution in [-0.4, -0.2) is 266 Å². The molecule has 0 saturated carbocycles. The minimum Gasteiger partial charge on any atom is -0.491 e. The van der Waals surface area contributed by atoms with Gasteiger partial charge < -0.3 is 83.9 Å². The van der Waals surface area contributed by atoms with E-state index in [0.717, 1.165) is 101 Å². The molecule has 4 fully saturated rings. The van der Waals surface area contributed by atoms with Crippen LogP contribution in [0.4, 0.5) is 32.1 Å². The van der Waals surface area contributed by atoms with Gasteiger partial charge in [0, 0.05) is 191 Å². The number of ether oxygens (including phenoxy) is 6. The number of alkyl halides is 2. The number of nitrogens with zero attached hydrogens (tertiary/aromatic N) is 15. The van der Waals surface area contributed by atoms with Crippen molar-refractivity contribution in [3.8, 4) is 74.1 Å². The maximum absolute atomic E-state index is 13.6. The molecule has 576 valence electrons. The van der Waals surface area contributed by atoms with Crippen molar-refractivity contribution in [2.75, 3.05) is 173 Å². The molecule has 3 aromatic carbocycles. The predicted octanol–water partition coefficient (Wildman–Crippen LogP) is 6.92. The molecule has 107 heavy (non-hydrogen) atoms. The number of likely N-dealkylation sites (N-methyl/N-ethyl adjacent to an activating group) is 3. The Morgan fingerprint density at radius 2 is 1.09 bits per heavy atom. The van der Waals surface area contributed by atoms with Crippen molar-refractivity contribution in [2.45, 2.75) is 108 Å². The third-order valence-corrected chi connectivity index (χ3v) is 20.4. The first kappa shape index (κ1) is 78.0. The Kier molecular flexibility index (Phi) is 27.7. The van der Waals surface area contributed by atoms with E-state index in [2.05, 4.69) is 73.3 Å². The van der Waals surface area contributed by atoms with E-state index in [-0.39, 0.29) is 50.4 Å². The number of aliphatic hydroxyl groups excluding tert-OH is 3. The molecule has 0 spiro atoms. The molecule has 0 bridgehead atoms. The first-order valence-corrected chi connectivity index (χ1v) is 37.7. The van der Waals surface area contributed by atoms with Crippen LogP contribution in [-0.2, 0) is 40.6 Å². The highest BCUT2D eigenvalue weighted by Gasteiger charge is 2.31. The highest BCUT2D eigenvalue weighted by molar-refractivity contribution is 5.71. The zero-order valence-electron chi connectivity index (χ0n) is 62.8. The van der Waals surface area contributed by atoms with Gasteiger partial charge in [-0.05, 0) is 114 Å². The van der Waals surface area contributed by atoms with Gasteiger partial charge in [-0.1, -0.05) is 37.3 Å². The Hall–Kier alpha value is -8.62. The highest BCUT2D eigenvalue weighted by atomic mass is 19.3. The average molecular weight is 1480 g/mol. The summed E-state index contributed by atoms with van der Waals surface area (Å²) >= 11 is 0. The lowest BCUT2D eigenvalue weighted by Gasteiger charge is -2.37. The molecular formula is C78H106F2N18O9. The van der Waals surface area contributed by atoms with Crippen LogP contribution in [0.5, 0.6) is 17.2 Å². The second-order valence-corrected chi connectivity index (χ2v) is 28.5. The summed E-state index contributed by atoms with van der Waals surface area (Å²) in [7, 11) is 11.6. The Labute approximate surface area is 626 Å². The summed E-state index contributed by atoms with van der Waals surface area (Å²) in [6.45, 7) is 10.3. The number of hydrogen-bond donors (Lipinski definition) is 6. The highest BCUT2D eigenvalue weighted by Crippen LogP contribution is 2.37. The summed E-state index contributed by atoms with van der Waals surface area (Å²) in [6, 6.07) is 27.8. The van der Waals surface area contributed by atoms with E-state index >= 15 is 0 Å². The van der Waals surface area contributed by atoms with E-state index in [1.165, 1.54) is 0 Å². The van der Waals surface area contributed by atoms with Crippen LogP contribution < -0.4 is 49.8 Å². The maximum atomic E-state index is 13.6. The van der Waals surface area contributed by atoms with Gasteiger partial charge in [0.05, 0.1) is 36.0 Å². The summed E-state index contributed by atoms with van der Waals surface area (Å²) in [5.41, 5.74) is 6.34. The van der Waals surface area contributed by atoms with Gasteiger partial charge in [-0.25, -0.2) is 43.7 Å². The monoisotopic (exact) mass is 1480 g/mol. The molecule has 5 aromatic heterocycles. The van der Waals surface area contributed by atoms with Gasteiger partial charge in [0.15, 0.2) is 17.5 Å². The fourth-order valence-electron chi connectivity index (χ4n) is 14.4. The third kappa shape index (κ3) is 21.0. The molecule has 0 amide bonds. The fourth-order valence-corrected chi connectivity index (χ4v) is 14.4. The summed E-state index contributed by atoms with van der Waals surface area (Å²) in [5, 5.41) is 45.8. The molecule has 8 aromatic rings. The van der Waals surface area contributed by atoms with Crippen molar-refractivity contribution in [2.24, 2.45) is 13.0 Å². The summed E-state index contributed by atoms with van der Waals surface area (Å²) in [6.07, 6.45) is 7.35. The first-order chi connectivity index (χ1) is 52.0. The molecular weight excluding hydrogens is 1370 g/mol. The second-order valence-electron chi connectivity index (χ2n) is 28.5. The van der Waals surface area contributed by atoms with Crippen LogP contribution in [0, 0.1) is 5.92 Å². The van der Waals surface area contributed by atoms with Gasteiger partial charge in [-0.15, -0.1) is 0 Å². The van der Waals surface area contributed by atoms with Gasteiger partial charge >= 0.3 is 0 Å². The van der Waals surface area contributed by atoms with Crippen LogP contribution in [0.15, 0.2) is 104 Å². The number of rotatable bonds is 36. The zero-order chi connectivity index (χ0) is 74.8. The zero-order valence-corrected chi connectivity index (χ0v) is 62.8. The largest absolute Gasteiger partial charge is 0.491 e. The van der Waals surface area contributed by atoms with Gasteiger partial charge in [0.25, 0.3) is 6.43 Å². The molecule has 4 aliphatic heterocycles. The molecule has 6 N–H and O–H groups in total. The van der Waals surface area contributed by atoms with Crippen molar-refractivity contribution in [1.29, 1.82) is 0 Å². The molecule has 4 atom stereocenters. The van der Waals surface area contributed by atoms with E-state index in [1.54, 1.807) is 26.0 Å². The van der Waals surface area contributed by atoms with Crippen LogP contribution in [0.3, 0.4) is 0 Å². The topological polar surface area (TPSA) is 281 Å². The minimum absolute atomic E-state index is 0.0420. The summed E-state index contributed by atoms with van der Waals surface area (Å²) in [5.74, 6) is 7.09. The van der Waals surface area contributed by atoms with Crippen molar-refractivity contribution < 1.29 is 52.5 Å². The van der Waals surface area contributed by atoms with Crippen LogP contribution in [0.25, 0.3) is 56.8 Å². The summed E-state index contributed by atoms with van der Waals surface area (Å²) in [4.78, 5) is 47.7. The number of piperazine rings is 1. The Morgan fingerprint density at radius 3 is 1.66 bits per heavy atom. The number of aliphatic hydroxyl groups is 3. The van der Waals surface area contributed by atoms with Crippen molar-refractivity contribution in [1.82, 2.24) is 70.1 Å². The molecule has 4 saturated heterocycles. The van der Waals surface area contributed by atoms with Gasteiger partial charge in [0.2, 0.25) is 0 Å². The Balaban J connectivity index is 0.851. The Bertz CT molecular complexity index is 4110. The number of anilines is 4. The average Bonchev–Trinajstić information content (AvgIpc) is 1.76. The van der Waals surface area contributed by atoms with E-state index in [9.17, 15) is 24.1 Å². The smallest absolute Gasteiger partial charge is 0.251 e. The predicted molar refractivity (Wildman–Crippen MR) is 409 cm³/mol. The first-order valence-electron chi connectivity index (χ1n) is 37.7. The van der Waals surface area contributed by atoms with Crippen LogP contribution in [0.1, 0.15) is 56.8 Å². The Morgan fingerprint density at radius 1 is 0.570 bits per heavy atom. The summed E-state index contributed by atoms with van der Waals surface area (Å²) < 4.78 is 67.4. The molecule has 12 rings (SSSR count). The van der Waals surface area contributed by atoms with E-state index < -0.39 is 24.7 Å². The standard InChI is InChI=1S/C78H106F2N18O9/c1-52(46-97-47-56(41-85-97)67-38-72(92(5)57-17-28-102-29-18-57)88-76(86-67)54-10-8-12-63(35-54)105-49-60(99)42-81-2)34-53-14-15-65(107-51-62(101)44-83-4)37-66(53)78-87-68(39-73(89-78)93(6)58-19-30-103-31-20-58)69-45-84-71(94(69)7)16-23-98(59-21-32-104-33-22-59)75-40-74(96-26-24-95(25-27-96)48-70(79)80)90-77(91-75)55-11-9-13-64(36-55)106-50-61(100)43-82-3/h8-15,35-41,45,47,52,57-62,70,81-83,99-101H,16-34,42-44,46,48-51H2,1-7H3.